The molecule has 0 aromatic carbocycles. The minimum Gasteiger partial charge on any atom is -0.314 e. The molecule has 3 heterocycles. The molecule has 0 N–H and O–H groups in total. The molecule has 24 heavy (non-hydrogen) atoms. The summed E-state index contributed by atoms with van der Waals surface area (Å²) in [5.74, 6) is 1.33. The molecule has 0 aliphatic rings. The number of nitrogens with zero attached hydrogens (tertiary/aromatic N) is 5. The Morgan fingerprint density at radius 3 is 2.50 bits per heavy atom. The van der Waals surface area contributed by atoms with Crippen molar-refractivity contribution in [2.45, 2.75) is 6.18 Å². The second kappa shape index (κ2) is 6.23. The van der Waals surface area contributed by atoms with Gasteiger partial charge in [-0.2, -0.15) is 13.2 Å². The van der Waals surface area contributed by atoms with Crippen molar-refractivity contribution in [1.29, 1.82) is 0 Å². The number of hydrogen-bond acceptors (Lipinski definition) is 5. The van der Waals surface area contributed by atoms with Crippen LogP contribution < -0.4 is 4.90 Å². The molecule has 0 bridgehead atoms. The first-order valence-corrected chi connectivity index (χ1v) is 6.95. The van der Waals surface area contributed by atoms with Gasteiger partial charge in [0, 0.05) is 37.4 Å². The maximum absolute atomic E-state index is 12.8. The van der Waals surface area contributed by atoms with Crippen LogP contribution >= 0.6 is 0 Å². The molecule has 122 valence electrons. The van der Waals surface area contributed by atoms with Crippen molar-refractivity contribution in [3.63, 3.8) is 0 Å². The van der Waals surface area contributed by atoms with Crippen LogP contribution in [0.15, 0.2) is 55.1 Å². The predicted octanol–water partition coefficient (Wildman–Crippen LogP) is 3.72. The minimum atomic E-state index is -4.47. The van der Waals surface area contributed by atoms with E-state index in [-0.39, 0.29) is 11.4 Å². The Morgan fingerprint density at radius 1 is 0.958 bits per heavy atom. The SMILES string of the molecule is CN(c1ccccn1)c1ccnc(-c2cncc(C(F)(F)F)c2)n1. The molecule has 0 atom stereocenters. The van der Waals surface area contributed by atoms with E-state index in [1.54, 1.807) is 36.3 Å². The van der Waals surface area contributed by atoms with Crippen LogP contribution in [0.3, 0.4) is 0 Å². The van der Waals surface area contributed by atoms with Gasteiger partial charge in [-0.1, -0.05) is 6.07 Å². The molecular weight excluding hydrogens is 319 g/mol. The van der Waals surface area contributed by atoms with Crippen molar-refractivity contribution < 1.29 is 13.2 Å². The average molecular weight is 331 g/mol. The lowest BCUT2D eigenvalue weighted by molar-refractivity contribution is -0.137. The maximum Gasteiger partial charge on any atom is 0.417 e. The van der Waals surface area contributed by atoms with E-state index in [0.29, 0.717) is 11.6 Å². The third-order valence-electron chi connectivity index (χ3n) is 3.30. The Balaban J connectivity index is 1.97. The fourth-order valence-electron chi connectivity index (χ4n) is 2.06. The van der Waals surface area contributed by atoms with Gasteiger partial charge in [-0.15, -0.1) is 0 Å². The summed E-state index contributed by atoms with van der Waals surface area (Å²) in [6, 6.07) is 8.05. The van der Waals surface area contributed by atoms with Crippen molar-refractivity contribution >= 4 is 11.6 Å². The molecular formula is C16H12F3N5. The monoisotopic (exact) mass is 331 g/mol. The van der Waals surface area contributed by atoms with Crippen molar-refractivity contribution in [3.8, 4) is 11.4 Å². The van der Waals surface area contributed by atoms with Gasteiger partial charge in [-0.25, -0.2) is 15.0 Å². The average Bonchev–Trinajstić information content (AvgIpc) is 2.61. The van der Waals surface area contributed by atoms with Gasteiger partial charge in [0.2, 0.25) is 0 Å². The molecule has 0 fully saturated rings. The van der Waals surface area contributed by atoms with Crippen molar-refractivity contribution in [1.82, 2.24) is 19.9 Å². The minimum absolute atomic E-state index is 0.161. The highest BCUT2D eigenvalue weighted by Gasteiger charge is 2.31. The summed E-state index contributed by atoms with van der Waals surface area (Å²) in [6.45, 7) is 0. The smallest absolute Gasteiger partial charge is 0.314 e. The van der Waals surface area contributed by atoms with Crippen LogP contribution in [0.25, 0.3) is 11.4 Å². The molecule has 0 saturated carbocycles. The zero-order valence-corrected chi connectivity index (χ0v) is 12.6. The molecule has 0 saturated heterocycles. The van der Waals surface area contributed by atoms with E-state index in [0.717, 1.165) is 12.3 Å². The van der Waals surface area contributed by atoms with Gasteiger partial charge in [0.05, 0.1) is 5.56 Å². The van der Waals surface area contributed by atoms with Gasteiger partial charge in [0.15, 0.2) is 5.82 Å². The first kappa shape index (κ1) is 15.9. The molecule has 0 spiro atoms. The standard InChI is InChI=1S/C16H12F3N5/c1-24(13-4-2-3-6-21-13)14-5-7-22-15(23-14)11-8-12(10-20-9-11)16(17,18)19/h2-10H,1H3. The topological polar surface area (TPSA) is 54.8 Å². The summed E-state index contributed by atoms with van der Waals surface area (Å²) in [4.78, 5) is 17.9. The number of hydrogen-bond donors (Lipinski definition) is 0. The zero-order chi connectivity index (χ0) is 17.2. The molecule has 0 amide bonds. The lowest BCUT2D eigenvalue weighted by atomic mass is 10.2. The second-order valence-corrected chi connectivity index (χ2v) is 4.95. The van der Waals surface area contributed by atoms with E-state index in [1.165, 1.54) is 12.4 Å². The fraction of sp³-hybridized carbons (Fsp3) is 0.125. The first-order chi connectivity index (χ1) is 11.4. The van der Waals surface area contributed by atoms with Crippen LogP contribution in [-0.2, 0) is 6.18 Å². The second-order valence-electron chi connectivity index (χ2n) is 4.95. The molecule has 0 unspecified atom stereocenters. The van der Waals surface area contributed by atoms with E-state index < -0.39 is 11.7 Å². The molecule has 0 radical (unpaired) electrons. The van der Waals surface area contributed by atoms with Gasteiger partial charge in [0.25, 0.3) is 0 Å². The molecule has 5 nitrogen and oxygen atoms in total. The van der Waals surface area contributed by atoms with Crippen LogP contribution in [0.4, 0.5) is 24.8 Å². The van der Waals surface area contributed by atoms with Crippen molar-refractivity contribution in [2.24, 2.45) is 0 Å². The summed E-state index contributed by atoms with van der Waals surface area (Å²) in [5.41, 5.74) is -0.645. The molecule has 3 rings (SSSR count). The van der Waals surface area contributed by atoms with E-state index in [9.17, 15) is 13.2 Å². The van der Waals surface area contributed by atoms with E-state index in [4.69, 9.17) is 0 Å². The van der Waals surface area contributed by atoms with Gasteiger partial charge in [0.1, 0.15) is 11.6 Å². The molecule has 0 aliphatic carbocycles. The largest absolute Gasteiger partial charge is 0.417 e. The lowest BCUT2D eigenvalue weighted by Gasteiger charge is -2.17. The van der Waals surface area contributed by atoms with E-state index in [1.807, 2.05) is 6.07 Å². The van der Waals surface area contributed by atoms with Crippen LogP contribution in [0.1, 0.15) is 5.56 Å². The Kier molecular flexibility index (Phi) is 4.11. The number of rotatable bonds is 3. The highest BCUT2D eigenvalue weighted by atomic mass is 19.4. The summed E-state index contributed by atoms with van der Waals surface area (Å²) >= 11 is 0. The lowest BCUT2D eigenvalue weighted by Crippen LogP contribution is -2.13. The first-order valence-electron chi connectivity index (χ1n) is 6.95. The van der Waals surface area contributed by atoms with Crippen LogP contribution in [0.2, 0.25) is 0 Å². The third kappa shape index (κ3) is 3.32. The van der Waals surface area contributed by atoms with Crippen LogP contribution in [-0.4, -0.2) is 27.0 Å². The summed E-state index contributed by atoms with van der Waals surface area (Å²) in [6.07, 6.45) is 0.732. The quantitative estimate of drug-likeness (QED) is 0.732. The number of halogens is 3. The summed E-state index contributed by atoms with van der Waals surface area (Å²) < 4.78 is 38.4. The van der Waals surface area contributed by atoms with Gasteiger partial charge < -0.3 is 4.90 Å². The Hall–Kier alpha value is -3.03. The third-order valence-corrected chi connectivity index (χ3v) is 3.30. The number of anilines is 2. The Morgan fingerprint density at radius 2 is 1.79 bits per heavy atom. The maximum atomic E-state index is 12.8. The molecule has 0 aliphatic heterocycles. The van der Waals surface area contributed by atoms with Gasteiger partial charge in [-0.05, 0) is 24.3 Å². The predicted molar refractivity (Wildman–Crippen MR) is 82.6 cm³/mol. The normalized spacial score (nSPS) is 11.3. The number of pyridine rings is 2. The molecule has 3 aromatic heterocycles. The number of alkyl halides is 3. The van der Waals surface area contributed by atoms with Gasteiger partial charge in [-0.3, -0.25) is 4.98 Å². The highest BCUT2D eigenvalue weighted by Crippen LogP contribution is 2.31. The highest BCUT2D eigenvalue weighted by molar-refractivity contribution is 5.60. The van der Waals surface area contributed by atoms with E-state index in [2.05, 4.69) is 19.9 Å². The Bertz CT molecular complexity index is 836. The van der Waals surface area contributed by atoms with Crippen molar-refractivity contribution in [2.75, 3.05) is 11.9 Å². The summed E-state index contributed by atoms with van der Waals surface area (Å²) in [5, 5.41) is 0. The van der Waals surface area contributed by atoms with Gasteiger partial charge >= 0.3 is 6.18 Å². The zero-order valence-electron chi connectivity index (χ0n) is 12.6. The number of aromatic nitrogens is 4. The van der Waals surface area contributed by atoms with E-state index >= 15 is 0 Å². The Labute approximate surface area is 135 Å². The van der Waals surface area contributed by atoms with Crippen LogP contribution in [0.5, 0.6) is 0 Å². The molecule has 8 heteroatoms. The van der Waals surface area contributed by atoms with Crippen molar-refractivity contribution in [3.05, 3.63) is 60.7 Å². The van der Waals surface area contributed by atoms with Crippen LogP contribution in [0, 0.1) is 0 Å². The summed E-state index contributed by atoms with van der Waals surface area (Å²) in [7, 11) is 1.76. The fourth-order valence-corrected chi connectivity index (χ4v) is 2.06. The molecule has 3 aromatic rings.